The minimum absolute atomic E-state index is 0.285. The predicted molar refractivity (Wildman–Crippen MR) is 100 cm³/mol. The molecule has 0 aliphatic rings. The van der Waals surface area contributed by atoms with Crippen LogP contribution in [-0.2, 0) is 0 Å². The fourth-order valence-electron chi connectivity index (χ4n) is 2.26. The molecule has 0 atom stereocenters. The molecule has 3 heteroatoms. The van der Waals surface area contributed by atoms with Gasteiger partial charge in [0.2, 0.25) is 0 Å². The number of carbonyl (C=O) groups excluding carboxylic acids is 1. The molecule has 0 fully saturated rings. The normalized spacial score (nSPS) is 10.8. The number of esters is 1. The summed E-state index contributed by atoms with van der Waals surface area (Å²) in [6, 6.07) is 19.1. The molecule has 0 radical (unpaired) electrons. The van der Waals surface area contributed by atoms with Crippen molar-refractivity contribution in [3.8, 4) is 5.75 Å². The molecule has 25 heavy (non-hydrogen) atoms. The molecule has 3 aromatic rings. The van der Waals surface area contributed by atoms with E-state index >= 15 is 0 Å². The van der Waals surface area contributed by atoms with Gasteiger partial charge in [0.15, 0.2) is 0 Å². The molecule has 0 unspecified atom stereocenters. The molecule has 0 saturated carbocycles. The second-order valence-corrected chi connectivity index (χ2v) is 5.92. The van der Waals surface area contributed by atoms with E-state index in [9.17, 15) is 4.79 Å². The Balaban J connectivity index is 1.66. The van der Waals surface area contributed by atoms with Crippen molar-refractivity contribution >= 4 is 18.1 Å². The van der Waals surface area contributed by atoms with Gasteiger partial charge in [-0.2, -0.15) is 0 Å². The summed E-state index contributed by atoms with van der Waals surface area (Å²) in [7, 11) is 0. The highest BCUT2D eigenvalue weighted by atomic mass is 16.5. The summed E-state index contributed by atoms with van der Waals surface area (Å²) in [5.74, 6) is 0.0543. The Labute approximate surface area is 147 Å². The van der Waals surface area contributed by atoms with E-state index in [0.29, 0.717) is 5.75 Å². The summed E-state index contributed by atoms with van der Waals surface area (Å²) >= 11 is 0. The highest BCUT2D eigenvalue weighted by Gasteiger charge is 2.09. The van der Waals surface area contributed by atoms with E-state index in [1.54, 1.807) is 24.4 Å². The Bertz CT molecular complexity index is 877. The molecule has 124 valence electrons. The molecule has 0 bridgehead atoms. The number of hydrogen-bond donors (Lipinski definition) is 0. The molecule has 3 rings (SSSR count). The number of ether oxygens (including phenoxy) is 1. The van der Waals surface area contributed by atoms with Gasteiger partial charge in [0, 0.05) is 6.20 Å². The molecule has 0 N–H and O–H groups in total. The third-order valence-corrected chi connectivity index (χ3v) is 3.77. The number of rotatable bonds is 4. The minimum Gasteiger partial charge on any atom is -0.422 e. The Morgan fingerprint density at radius 2 is 1.36 bits per heavy atom. The van der Waals surface area contributed by atoms with Gasteiger partial charge in [-0.05, 0) is 43.2 Å². The van der Waals surface area contributed by atoms with Gasteiger partial charge in [-0.25, -0.2) is 9.78 Å². The van der Waals surface area contributed by atoms with E-state index in [4.69, 9.17) is 4.74 Å². The number of hydrogen-bond acceptors (Lipinski definition) is 3. The van der Waals surface area contributed by atoms with E-state index in [0.717, 1.165) is 16.7 Å². The van der Waals surface area contributed by atoms with E-state index < -0.39 is 5.97 Å². The number of benzene rings is 2. The summed E-state index contributed by atoms with van der Waals surface area (Å²) in [6.07, 6.45) is 5.64. The first-order chi connectivity index (χ1) is 12.1. The molecule has 0 aliphatic carbocycles. The SMILES string of the molecule is Cc1ccc(/C=C/c2ccc(C(=O)Oc3ccc(C)cc3)nc2)cc1. The predicted octanol–water partition coefficient (Wildman–Crippen LogP) is 5.09. The van der Waals surface area contributed by atoms with Crippen LogP contribution in [0.5, 0.6) is 5.75 Å². The van der Waals surface area contributed by atoms with Crippen molar-refractivity contribution in [1.29, 1.82) is 0 Å². The van der Waals surface area contributed by atoms with Gasteiger partial charge < -0.3 is 4.74 Å². The Hall–Kier alpha value is -3.20. The maximum absolute atomic E-state index is 12.1. The number of aromatic nitrogens is 1. The molecular formula is C22H19NO2. The zero-order valence-corrected chi connectivity index (χ0v) is 14.3. The smallest absolute Gasteiger partial charge is 0.362 e. The largest absolute Gasteiger partial charge is 0.422 e. The summed E-state index contributed by atoms with van der Waals surface area (Å²) in [5.41, 5.74) is 4.67. The van der Waals surface area contributed by atoms with Gasteiger partial charge in [0.25, 0.3) is 0 Å². The van der Waals surface area contributed by atoms with E-state index in [-0.39, 0.29) is 5.69 Å². The summed E-state index contributed by atoms with van der Waals surface area (Å²) in [4.78, 5) is 16.3. The number of carbonyl (C=O) groups is 1. The van der Waals surface area contributed by atoms with E-state index in [2.05, 4.69) is 36.2 Å². The summed E-state index contributed by atoms with van der Waals surface area (Å²) in [6.45, 7) is 4.04. The van der Waals surface area contributed by atoms with Crippen LogP contribution in [0, 0.1) is 13.8 Å². The average molecular weight is 329 g/mol. The molecule has 0 spiro atoms. The van der Waals surface area contributed by atoms with Crippen molar-refractivity contribution < 1.29 is 9.53 Å². The van der Waals surface area contributed by atoms with Gasteiger partial charge in [-0.15, -0.1) is 0 Å². The molecule has 1 heterocycles. The Kier molecular flexibility index (Phi) is 5.05. The van der Waals surface area contributed by atoms with Crippen LogP contribution >= 0.6 is 0 Å². The van der Waals surface area contributed by atoms with E-state index in [1.807, 2.05) is 37.3 Å². The molecule has 0 saturated heterocycles. The van der Waals surface area contributed by atoms with Crippen molar-refractivity contribution in [2.24, 2.45) is 0 Å². The highest BCUT2D eigenvalue weighted by Crippen LogP contribution is 2.14. The van der Waals surface area contributed by atoms with Crippen LogP contribution in [0.4, 0.5) is 0 Å². The molecular weight excluding hydrogens is 310 g/mol. The molecule has 0 aliphatic heterocycles. The van der Waals surface area contributed by atoms with Crippen LogP contribution in [0.1, 0.15) is 32.7 Å². The molecule has 0 amide bonds. The lowest BCUT2D eigenvalue weighted by molar-refractivity contribution is 0.0728. The van der Waals surface area contributed by atoms with Crippen LogP contribution in [0.15, 0.2) is 66.9 Å². The number of pyridine rings is 1. The topological polar surface area (TPSA) is 39.2 Å². The van der Waals surface area contributed by atoms with Crippen LogP contribution in [0.2, 0.25) is 0 Å². The zero-order chi connectivity index (χ0) is 17.6. The lowest BCUT2D eigenvalue weighted by Gasteiger charge is -2.04. The van der Waals surface area contributed by atoms with Crippen LogP contribution in [0.3, 0.4) is 0 Å². The van der Waals surface area contributed by atoms with E-state index in [1.165, 1.54) is 5.56 Å². The molecule has 3 nitrogen and oxygen atoms in total. The third kappa shape index (κ3) is 4.64. The standard InChI is InChI=1S/C22H19NO2/c1-16-3-7-18(8-4-16)9-10-19-11-14-21(23-15-19)22(24)25-20-12-5-17(2)6-13-20/h3-15H,1-2H3/b10-9+. The monoisotopic (exact) mass is 329 g/mol. The Morgan fingerprint density at radius 3 is 1.96 bits per heavy atom. The van der Waals surface area contributed by atoms with Crippen LogP contribution in [-0.4, -0.2) is 11.0 Å². The van der Waals surface area contributed by atoms with Gasteiger partial charge >= 0.3 is 5.97 Å². The minimum atomic E-state index is -0.460. The van der Waals surface area contributed by atoms with Crippen molar-refractivity contribution in [1.82, 2.24) is 4.98 Å². The van der Waals surface area contributed by atoms with Gasteiger partial charge in [0.1, 0.15) is 11.4 Å². The van der Waals surface area contributed by atoms with Gasteiger partial charge in [-0.3, -0.25) is 0 Å². The van der Waals surface area contributed by atoms with Gasteiger partial charge in [0.05, 0.1) is 0 Å². The Morgan fingerprint density at radius 1 is 0.800 bits per heavy atom. The molecule has 2 aromatic carbocycles. The zero-order valence-electron chi connectivity index (χ0n) is 14.3. The first-order valence-electron chi connectivity index (χ1n) is 8.10. The average Bonchev–Trinajstić information content (AvgIpc) is 2.63. The third-order valence-electron chi connectivity index (χ3n) is 3.77. The number of nitrogens with zero attached hydrogens (tertiary/aromatic N) is 1. The fourth-order valence-corrected chi connectivity index (χ4v) is 2.26. The maximum atomic E-state index is 12.1. The van der Waals surface area contributed by atoms with Crippen molar-refractivity contribution in [3.63, 3.8) is 0 Å². The lowest BCUT2D eigenvalue weighted by Crippen LogP contribution is -2.10. The van der Waals surface area contributed by atoms with Crippen molar-refractivity contribution in [3.05, 3.63) is 94.8 Å². The van der Waals surface area contributed by atoms with Crippen LogP contribution in [0.25, 0.3) is 12.2 Å². The summed E-state index contributed by atoms with van der Waals surface area (Å²) in [5, 5.41) is 0. The quantitative estimate of drug-likeness (QED) is 0.494. The highest BCUT2D eigenvalue weighted by molar-refractivity contribution is 5.89. The second kappa shape index (κ2) is 7.58. The fraction of sp³-hybridized carbons (Fsp3) is 0.0909. The molecule has 1 aromatic heterocycles. The maximum Gasteiger partial charge on any atom is 0.362 e. The lowest BCUT2D eigenvalue weighted by atomic mass is 10.1. The first kappa shape index (κ1) is 16.7. The second-order valence-electron chi connectivity index (χ2n) is 5.92. The first-order valence-corrected chi connectivity index (χ1v) is 8.10. The van der Waals surface area contributed by atoms with Gasteiger partial charge in [-0.1, -0.05) is 65.7 Å². The van der Waals surface area contributed by atoms with Crippen molar-refractivity contribution in [2.45, 2.75) is 13.8 Å². The number of aryl methyl sites for hydroxylation is 2. The van der Waals surface area contributed by atoms with Crippen LogP contribution < -0.4 is 4.74 Å². The summed E-state index contributed by atoms with van der Waals surface area (Å²) < 4.78 is 5.32. The van der Waals surface area contributed by atoms with Crippen molar-refractivity contribution in [2.75, 3.05) is 0 Å².